The number of phenolic OH excluding ortho intramolecular Hbond substituents is 1. The lowest BCUT2D eigenvalue weighted by atomic mass is 10.2. The summed E-state index contributed by atoms with van der Waals surface area (Å²) in [5.41, 5.74) is 0.273. The number of carbonyl (C=O) groups excluding carboxylic acids is 1. The minimum Gasteiger partial charge on any atom is -0.504 e. The number of carbonyl (C=O) groups is 1. The van der Waals surface area contributed by atoms with Crippen LogP contribution < -0.4 is 4.74 Å². The minimum absolute atomic E-state index is 0.0937. The molecule has 0 spiro atoms. The van der Waals surface area contributed by atoms with Gasteiger partial charge in [0.2, 0.25) is 0 Å². The van der Waals surface area contributed by atoms with Gasteiger partial charge in [-0.15, -0.1) is 0 Å². The first-order chi connectivity index (χ1) is 7.10. The van der Waals surface area contributed by atoms with Gasteiger partial charge < -0.3 is 14.6 Å². The third kappa shape index (κ3) is 2.62. The van der Waals surface area contributed by atoms with E-state index in [1.54, 1.807) is 6.92 Å². The van der Waals surface area contributed by atoms with E-state index in [9.17, 15) is 9.90 Å². The third-order valence-corrected chi connectivity index (χ3v) is 2.42. The van der Waals surface area contributed by atoms with Crippen LogP contribution in [0, 0.1) is 0 Å². The van der Waals surface area contributed by atoms with E-state index in [4.69, 9.17) is 9.47 Å². The van der Waals surface area contributed by atoms with Gasteiger partial charge in [0, 0.05) is 4.47 Å². The molecule has 0 heterocycles. The first-order valence-electron chi connectivity index (χ1n) is 4.33. The highest BCUT2D eigenvalue weighted by atomic mass is 79.9. The predicted molar refractivity (Wildman–Crippen MR) is 58.3 cm³/mol. The number of ether oxygens (including phenoxy) is 2. The van der Waals surface area contributed by atoms with Gasteiger partial charge in [0.1, 0.15) is 0 Å². The number of hydrogen-bond acceptors (Lipinski definition) is 4. The lowest BCUT2D eigenvalue weighted by Gasteiger charge is -2.08. The summed E-state index contributed by atoms with van der Waals surface area (Å²) in [6, 6.07) is 2.82. The molecule has 0 fully saturated rings. The van der Waals surface area contributed by atoms with Crippen LogP contribution in [0.1, 0.15) is 17.3 Å². The number of phenols is 1. The summed E-state index contributed by atoms with van der Waals surface area (Å²) in [4.78, 5) is 11.4. The average molecular weight is 275 g/mol. The van der Waals surface area contributed by atoms with Gasteiger partial charge in [-0.25, -0.2) is 4.79 Å². The Kier molecular flexibility index (Phi) is 3.96. The largest absolute Gasteiger partial charge is 0.504 e. The summed E-state index contributed by atoms with van der Waals surface area (Å²) in [7, 11) is 1.44. The Morgan fingerprint density at radius 2 is 2.20 bits per heavy atom. The summed E-state index contributed by atoms with van der Waals surface area (Å²) in [5, 5.41) is 9.48. The fourth-order valence-corrected chi connectivity index (χ4v) is 1.56. The van der Waals surface area contributed by atoms with Crippen molar-refractivity contribution in [3.05, 3.63) is 22.2 Å². The van der Waals surface area contributed by atoms with Crippen molar-refractivity contribution < 1.29 is 19.4 Å². The molecule has 0 aliphatic heterocycles. The van der Waals surface area contributed by atoms with E-state index in [1.807, 2.05) is 0 Å². The molecule has 0 bridgehead atoms. The second kappa shape index (κ2) is 5.02. The van der Waals surface area contributed by atoms with E-state index < -0.39 is 5.97 Å². The molecule has 0 unspecified atom stereocenters. The highest BCUT2D eigenvalue weighted by Crippen LogP contribution is 2.32. The van der Waals surface area contributed by atoms with E-state index in [2.05, 4.69) is 15.9 Å². The summed E-state index contributed by atoms with van der Waals surface area (Å²) >= 11 is 3.20. The number of aromatic hydroxyl groups is 1. The summed E-state index contributed by atoms with van der Waals surface area (Å²) < 4.78 is 10.2. The number of benzene rings is 1. The Hall–Kier alpha value is -1.23. The van der Waals surface area contributed by atoms with E-state index in [-0.39, 0.29) is 17.9 Å². The number of methoxy groups -OCH3 is 1. The summed E-state index contributed by atoms with van der Waals surface area (Å²) in [5.74, 6) is -0.277. The zero-order valence-corrected chi connectivity index (χ0v) is 10.00. The van der Waals surface area contributed by atoms with Crippen molar-refractivity contribution in [3.63, 3.8) is 0 Å². The molecule has 4 nitrogen and oxygen atoms in total. The molecular formula is C10H11BrO4. The van der Waals surface area contributed by atoms with Gasteiger partial charge in [-0.2, -0.15) is 0 Å². The molecule has 0 radical (unpaired) electrons. The normalized spacial score (nSPS) is 9.80. The van der Waals surface area contributed by atoms with Gasteiger partial charge >= 0.3 is 5.97 Å². The summed E-state index contributed by atoms with van der Waals surface area (Å²) in [6.45, 7) is 2.01. The van der Waals surface area contributed by atoms with Crippen molar-refractivity contribution in [3.8, 4) is 11.5 Å². The Morgan fingerprint density at radius 1 is 1.53 bits per heavy atom. The molecule has 15 heavy (non-hydrogen) atoms. The molecule has 0 saturated carbocycles. The van der Waals surface area contributed by atoms with Gasteiger partial charge in [-0.3, -0.25) is 0 Å². The molecule has 0 atom stereocenters. The van der Waals surface area contributed by atoms with Crippen molar-refractivity contribution in [2.45, 2.75) is 6.92 Å². The minimum atomic E-state index is -0.484. The van der Waals surface area contributed by atoms with Crippen LogP contribution in [-0.2, 0) is 4.74 Å². The molecule has 1 N–H and O–H groups in total. The second-order valence-electron chi connectivity index (χ2n) is 2.72. The number of esters is 1. The maximum absolute atomic E-state index is 11.4. The lowest BCUT2D eigenvalue weighted by molar-refractivity contribution is 0.0524. The molecule has 5 heteroatoms. The molecule has 0 saturated heterocycles. The van der Waals surface area contributed by atoms with Crippen molar-refractivity contribution in [2.24, 2.45) is 0 Å². The zero-order valence-electron chi connectivity index (χ0n) is 8.41. The van der Waals surface area contributed by atoms with Crippen molar-refractivity contribution in [1.29, 1.82) is 0 Å². The fourth-order valence-electron chi connectivity index (χ4n) is 1.07. The molecule has 0 aliphatic rings. The Bertz CT molecular complexity index is 376. The van der Waals surface area contributed by atoms with Crippen LogP contribution in [0.25, 0.3) is 0 Å². The third-order valence-electron chi connectivity index (χ3n) is 1.76. The van der Waals surface area contributed by atoms with E-state index >= 15 is 0 Å². The van der Waals surface area contributed by atoms with E-state index in [1.165, 1.54) is 19.2 Å². The number of rotatable bonds is 3. The van der Waals surface area contributed by atoms with Gasteiger partial charge in [0.15, 0.2) is 11.5 Å². The molecule has 1 rings (SSSR count). The molecule has 0 amide bonds. The van der Waals surface area contributed by atoms with E-state index in [0.29, 0.717) is 10.2 Å². The molecule has 0 aliphatic carbocycles. The van der Waals surface area contributed by atoms with Crippen molar-refractivity contribution in [2.75, 3.05) is 13.7 Å². The molecule has 1 aromatic rings. The van der Waals surface area contributed by atoms with Gasteiger partial charge in [0.25, 0.3) is 0 Å². The molecule has 0 aromatic heterocycles. The topological polar surface area (TPSA) is 55.8 Å². The Balaban J connectivity index is 3.10. The highest BCUT2D eigenvalue weighted by Gasteiger charge is 2.15. The highest BCUT2D eigenvalue weighted by molar-refractivity contribution is 9.10. The van der Waals surface area contributed by atoms with Crippen LogP contribution in [0.15, 0.2) is 16.6 Å². The monoisotopic (exact) mass is 274 g/mol. The molecule has 82 valence electrons. The fraction of sp³-hybridized carbons (Fsp3) is 0.300. The summed E-state index contributed by atoms with van der Waals surface area (Å²) in [6.07, 6.45) is 0. The van der Waals surface area contributed by atoms with Crippen molar-refractivity contribution in [1.82, 2.24) is 0 Å². The van der Waals surface area contributed by atoms with Crippen LogP contribution in [0.3, 0.4) is 0 Å². The maximum Gasteiger partial charge on any atom is 0.339 e. The number of halogens is 1. The smallest absolute Gasteiger partial charge is 0.339 e. The zero-order chi connectivity index (χ0) is 11.4. The SMILES string of the molecule is CCOC(=O)c1cc(O)c(OC)cc1Br. The molecular weight excluding hydrogens is 264 g/mol. The van der Waals surface area contributed by atoms with Gasteiger partial charge in [-0.1, -0.05) is 0 Å². The predicted octanol–water partition coefficient (Wildman–Crippen LogP) is 2.34. The first kappa shape index (κ1) is 11.8. The van der Waals surface area contributed by atoms with Crippen LogP contribution in [0.2, 0.25) is 0 Å². The van der Waals surface area contributed by atoms with Crippen molar-refractivity contribution >= 4 is 21.9 Å². The van der Waals surface area contributed by atoms with Crippen LogP contribution in [-0.4, -0.2) is 24.8 Å². The van der Waals surface area contributed by atoms with Crippen LogP contribution in [0.5, 0.6) is 11.5 Å². The van der Waals surface area contributed by atoms with Gasteiger partial charge in [-0.05, 0) is 35.0 Å². The van der Waals surface area contributed by atoms with Crippen LogP contribution in [0.4, 0.5) is 0 Å². The quantitative estimate of drug-likeness (QED) is 0.860. The lowest BCUT2D eigenvalue weighted by Crippen LogP contribution is -2.05. The Labute approximate surface area is 95.9 Å². The van der Waals surface area contributed by atoms with Crippen LogP contribution >= 0.6 is 15.9 Å². The Morgan fingerprint density at radius 3 is 2.73 bits per heavy atom. The first-order valence-corrected chi connectivity index (χ1v) is 5.13. The standard InChI is InChI=1S/C10H11BrO4/c1-3-15-10(13)6-4-8(12)9(14-2)5-7(6)11/h4-5,12H,3H2,1-2H3. The molecule has 1 aromatic carbocycles. The maximum atomic E-state index is 11.4. The second-order valence-corrected chi connectivity index (χ2v) is 3.58. The van der Waals surface area contributed by atoms with E-state index in [0.717, 1.165) is 0 Å². The average Bonchev–Trinajstić information content (AvgIpc) is 2.21. The van der Waals surface area contributed by atoms with Gasteiger partial charge in [0.05, 0.1) is 19.3 Å². The number of hydrogen-bond donors (Lipinski definition) is 1.